The third kappa shape index (κ3) is 4.78. The van der Waals surface area contributed by atoms with Crippen LogP contribution in [0.2, 0.25) is 0 Å². The minimum atomic E-state index is -0.110. The molecule has 1 unspecified atom stereocenters. The Hall–Kier alpha value is -3.20. The number of aromatic amines is 1. The van der Waals surface area contributed by atoms with Gasteiger partial charge in [0.25, 0.3) is 0 Å². The molecule has 0 saturated carbocycles. The van der Waals surface area contributed by atoms with Gasteiger partial charge in [0, 0.05) is 30.8 Å². The van der Waals surface area contributed by atoms with Crippen molar-refractivity contribution in [3.05, 3.63) is 48.3 Å². The summed E-state index contributed by atoms with van der Waals surface area (Å²) in [4.78, 5) is 35.2. The molecule has 0 radical (unpaired) electrons. The van der Waals surface area contributed by atoms with Gasteiger partial charge in [-0.2, -0.15) is 0 Å². The van der Waals surface area contributed by atoms with Crippen molar-refractivity contribution in [2.45, 2.75) is 25.0 Å². The molecular weight excluding hydrogens is 440 g/mol. The number of aromatic nitrogens is 2. The molecule has 1 fully saturated rings. The number of hydrogen-bond acceptors (Lipinski definition) is 6. The van der Waals surface area contributed by atoms with Crippen LogP contribution >= 0.6 is 11.8 Å². The Labute approximate surface area is 196 Å². The maximum atomic E-state index is 12.7. The summed E-state index contributed by atoms with van der Waals surface area (Å²) < 4.78 is 10.7. The number of imidazole rings is 1. The molecule has 0 aliphatic carbocycles. The zero-order valence-electron chi connectivity index (χ0n) is 18.4. The van der Waals surface area contributed by atoms with Gasteiger partial charge >= 0.3 is 0 Å². The van der Waals surface area contributed by atoms with E-state index in [0.29, 0.717) is 48.9 Å². The number of benzene rings is 2. The number of para-hydroxylation sites is 2. The molecule has 3 heterocycles. The number of nitrogens with one attached hydrogen (secondary N) is 2. The summed E-state index contributed by atoms with van der Waals surface area (Å²) in [6.07, 6.45) is 1.32. The summed E-state index contributed by atoms with van der Waals surface area (Å²) >= 11 is 1.58. The van der Waals surface area contributed by atoms with E-state index >= 15 is 0 Å². The maximum Gasteiger partial charge on any atom is 0.232 e. The lowest BCUT2D eigenvalue weighted by Crippen LogP contribution is -2.42. The van der Waals surface area contributed by atoms with Crippen LogP contribution in [0.4, 0.5) is 5.69 Å². The molecule has 2 N–H and O–H groups in total. The number of carbonyl (C=O) groups is 2. The highest BCUT2D eigenvalue weighted by Gasteiger charge is 2.28. The van der Waals surface area contributed by atoms with Crippen LogP contribution in [0, 0.1) is 5.92 Å². The second kappa shape index (κ2) is 9.35. The lowest BCUT2D eigenvalue weighted by atomic mass is 9.96. The largest absolute Gasteiger partial charge is 0.454 e. The lowest BCUT2D eigenvalue weighted by molar-refractivity contribution is -0.132. The van der Waals surface area contributed by atoms with Crippen molar-refractivity contribution in [2.24, 2.45) is 5.92 Å². The quantitative estimate of drug-likeness (QED) is 0.571. The average molecular weight is 467 g/mol. The van der Waals surface area contributed by atoms with Gasteiger partial charge in [-0.25, -0.2) is 4.98 Å². The van der Waals surface area contributed by atoms with Crippen molar-refractivity contribution >= 4 is 40.3 Å². The van der Waals surface area contributed by atoms with Gasteiger partial charge in [0.15, 0.2) is 11.5 Å². The van der Waals surface area contributed by atoms with Gasteiger partial charge in [-0.3, -0.25) is 9.59 Å². The molecule has 33 heavy (non-hydrogen) atoms. The summed E-state index contributed by atoms with van der Waals surface area (Å²) in [5.74, 6) is 2.59. The van der Waals surface area contributed by atoms with Crippen molar-refractivity contribution in [1.29, 1.82) is 0 Å². The topological polar surface area (TPSA) is 96.6 Å². The van der Waals surface area contributed by atoms with Crippen molar-refractivity contribution in [1.82, 2.24) is 14.9 Å². The minimum absolute atomic E-state index is 0.0196. The summed E-state index contributed by atoms with van der Waals surface area (Å²) in [6, 6.07) is 13.3. The molecular formula is C24H26N4O4S. The lowest BCUT2D eigenvalue weighted by Gasteiger charge is -2.31. The molecule has 8 nitrogen and oxygen atoms in total. The standard InChI is InChI=1S/C24H26N4O4S/c1-15(23-26-18-4-2-3-5-19(18)27-23)33-13-22(29)28-10-8-16(9-11-28)24(30)25-17-6-7-20-21(12-17)32-14-31-20/h2-7,12,15-16H,8-11,13-14H2,1H3,(H,25,30)(H,26,27). The zero-order valence-corrected chi connectivity index (χ0v) is 19.2. The molecule has 2 aromatic carbocycles. The van der Waals surface area contributed by atoms with Gasteiger partial charge in [-0.05, 0) is 44.0 Å². The van der Waals surface area contributed by atoms with Crippen molar-refractivity contribution in [2.75, 3.05) is 31.0 Å². The van der Waals surface area contributed by atoms with Crippen molar-refractivity contribution < 1.29 is 19.1 Å². The van der Waals surface area contributed by atoms with Gasteiger partial charge in [-0.1, -0.05) is 12.1 Å². The van der Waals surface area contributed by atoms with Crippen LogP contribution in [-0.4, -0.2) is 52.3 Å². The van der Waals surface area contributed by atoms with Crippen molar-refractivity contribution in [3.63, 3.8) is 0 Å². The molecule has 9 heteroatoms. The molecule has 172 valence electrons. The van der Waals surface area contributed by atoms with Crippen LogP contribution < -0.4 is 14.8 Å². The average Bonchev–Trinajstić information content (AvgIpc) is 3.49. The number of H-pyrrole nitrogens is 1. The molecule has 3 aromatic rings. The minimum Gasteiger partial charge on any atom is -0.454 e. The van der Waals surface area contributed by atoms with Gasteiger partial charge in [0.05, 0.1) is 22.0 Å². The normalized spacial score (nSPS) is 16.7. The Morgan fingerprint density at radius 3 is 2.79 bits per heavy atom. The number of carbonyl (C=O) groups excluding carboxylic acids is 2. The maximum absolute atomic E-state index is 12.7. The van der Waals surface area contributed by atoms with E-state index in [9.17, 15) is 9.59 Å². The molecule has 2 aliphatic rings. The van der Waals surface area contributed by atoms with Crippen LogP contribution in [-0.2, 0) is 9.59 Å². The highest BCUT2D eigenvalue weighted by Crippen LogP contribution is 2.34. The number of hydrogen-bond donors (Lipinski definition) is 2. The fraction of sp³-hybridized carbons (Fsp3) is 0.375. The number of rotatable bonds is 6. The Morgan fingerprint density at radius 2 is 1.97 bits per heavy atom. The van der Waals surface area contributed by atoms with Crippen LogP contribution in [0.5, 0.6) is 11.5 Å². The van der Waals surface area contributed by atoms with E-state index in [1.54, 1.807) is 23.9 Å². The fourth-order valence-corrected chi connectivity index (χ4v) is 4.99. The molecule has 1 atom stereocenters. The van der Waals surface area contributed by atoms with Gasteiger partial charge in [-0.15, -0.1) is 11.8 Å². The number of thioether (sulfide) groups is 1. The highest BCUT2D eigenvalue weighted by atomic mass is 32.2. The van der Waals surface area contributed by atoms with Gasteiger partial charge in [0.1, 0.15) is 5.82 Å². The second-order valence-corrected chi connectivity index (χ2v) is 9.63. The number of nitrogens with zero attached hydrogens (tertiary/aromatic N) is 2. The fourth-order valence-electron chi connectivity index (χ4n) is 4.14. The molecule has 1 aromatic heterocycles. The van der Waals surface area contributed by atoms with E-state index in [4.69, 9.17) is 9.47 Å². The Morgan fingerprint density at radius 1 is 1.18 bits per heavy atom. The van der Waals surface area contributed by atoms with Crippen LogP contribution in [0.25, 0.3) is 11.0 Å². The summed E-state index contributed by atoms with van der Waals surface area (Å²) in [6.45, 7) is 3.45. The van der Waals surface area contributed by atoms with Gasteiger partial charge < -0.3 is 24.7 Å². The second-order valence-electron chi connectivity index (χ2n) is 8.30. The molecule has 0 bridgehead atoms. The monoisotopic (exact) mass is 466 g/mol. The number of anilines is 1. The Kier molecular flexibility index (Phi) is 6.13. The van der Waals surface area contributed by atoms with Crippen LogP contribution in [0.3, 0.4) is 0 Å². The molecule has 2 amide bonds. The van der Waals surface area contributed by atoms with E-state index < -0.39 is 0 Å². The van der Waals surface area contributed by atoms with Crippen LogP contribution in [0.15, 0.2) is 42.5 Å². The van der Waals surface area contributed by atoms with E-state index in [1.807, 2.05) is 35.2 Å². The zero-order chi connectivity index (χ0) is 22.8. The predicted octanol–water partition coefficient (Wildman–Crippen LogP) is 3.96. The molecule has 1 saturated heterocycles. The Bertz CT molecular complexity index is 1140. The number of amides is 2. The number of fused-ring (bicyclic) bond motifs is 2. The SMILES string of the molecule is CC(SCC(=O)N1CCC(C(=O)Nc2ccc3c(c2)OCO3)CC1)c1nc2ccccc2[nH]1. The third-order valence-corrected chi connectivity index (χ3v) is 7.25. The van der Waals surface area contributed by atoms with E-state index in [1.165, 1.54) is 0 Å². The van der Waals surface area contributed by atoms with Crippen LogP contribution in [0.1, 0.15) is 30.8 Å². The van der Waals surface area contributed by atoms with Crippen molar-refractivity contribution in [3.8, 4) is 11.5 Å². The predicted molar refractivity (Wildman–Crippen MR) is 127 cm³/mol. The smallest absolute Gasteiger partial charge is 0.232 e. The number of likely N-dealkylation sites (tertiary alicyclic amines) is 1. The summed E-state index contributed by atoms with van der Waals surface area (Å²) in [7, 11) is 0. The van der Waals surface area contributed by atoms with E-state index in [-0.39, 0.29) is 29.8 Å². The molecule has 0 spiro atoms. The van der Waals surface area contributed by atoms with E-state index in [0.717, 1.165) is 16.9 Å². The first kappa shape index (κ1) is 21.6. The van der Waals surface area contributed by atoms with E-state index in [2.05, 4.69) is 22.2 Å². The first-order chi connectivity index (χ1) is 16.1. The summed E-state index contributed by atoms with van der Waals surface area (Å²) in [5, 5.41) is 3.05. The molecule has 2 aliphatic heterocycles. The van der Waals surface area contributed by atoms with Gasteiger partial charge in [0.2, 0.25) is 18.6 Å². The number of ether oxygens (including phenoxy) is 2. The first-order valence-corrected chi connectivity index (χ1v) is 12.2. The first-order valence-electron chi connectivity index (χ1n) is 11.1. The molecule has 5 rings (SSSR count). The third-order valence-electron chi connectivity index (χ3n) is 6.11. The summed E-state index contributed by atoms with van der Waals surface area (Å²) in [5.41, 5.74) is 2.64. The number of piperidine rings is 1. The Balaban J connectivity index is 1.08. The highest BCUT2D eigenvalue weighted by molar-refractivity contribution is 8.00.